The molecular weight excluding hydrogens is 230 g/mol. The van der Waals surface area contributed by atoms with E-state index in [0.717, 1.165) is 6.42 Å². The molecule has 1 saturated carbocycles. The molecule has 5 nitrogen and oxygen atoms in total. The molecule has 1 aromatic heterocycles. The predicted molar refractivity (Wildman–Crippen MR) is 62.2 cm³/mol. The summed E-state index contributed by atoms with van der Waals surface area (Å²) in [5, 5.41) is 0. The van der Waals surface area contributed by atoms with E-state index in [2.05, 4.69) is 22.1 Å². The number of aromatic nitrogens is 2. The minimum absolute atomic E-state index is 0.131. The second kappa shape index (κ2) is 3.25. The van der Waals surface area contributed by atoms with Crippen LogP contribution in [0.3, 0.4) is 0 Å². The Morgan fingerprint density at radius 3 is 2.11 bits per heavy atom. The van der Waals surface area contributed by atoms with Gasteiger partial charge in [-0.1, -0.05) is 12.2 Å². The largest absolute Gasteiger partial charge is 0.274 e. The lowest BCUT2D eigenvalue weighted by molar-refractivity contribution is -0.123. The lowest BCUT2D eigenvalue weighted by atomic mass is 9.85. The minimum Gasteiger partial charge on any atom is -0.274 e. The summed E-state index contributed by atoms with van der Waals surface area (Å²) in [5.41, 5.74) is 0. The number of anilines is 1. The fourth-order valence-electron chi connectivity index (χ4n) is 3.51. The number of fused-ring (bicyclic) bond motifs is 5. The van der Waals surface area contributed by atoms with Crippen molar-refractivity contribution in [1.82, 2.24) is 9.97 Å². The summed E-state index contributed by atoms with van der Waals surface area (Å²) in [7, 11) is 0. The Bertz CT molecular complexity index is 539. The molecule has 1 saturated heterocycles. The summed E-state index contributed by atoms with van der Waals surface area (Å²) >= 11 is 0. The highest BCUT2D eigenvalue weighted by Gasteiger charge is 2.60. The summed E-state index contributed by atoms with van der Waals surface area (Å²) in [5.74, 6) is 0.0327. The molecule has 90 valence electrons. The van der Waals surface area contributed by atoms with E-state index in [4.69, 9.17) is 0 Å². The van der Waals surface area contributed by atoms with E-state index in [1.54, 1.807) is 18.5 Å². The lowest BCUT2D eigenvalue weighted by Crippen LogP contribution is -2.34. The van der Waals surface area contributed by atoms with Crippen molar-refractivity contribution in [3.05, 3.63) is 30.6 Å². The SMILES string of the molecule is O=C1[C@@H]2[C@@H](C(=O)N1c1ncccn1)[C@H]1C=C[C@@H]2C1. The van der Waals surface area contributed by atoms with Gasteiger partial charge in [0.05, 0.1) is 11.8 Å². The van der Waals surface area contributed by atoms with E-state index < -0.39 is 0 Å². The molecule has 2 heterocycles. The highest BCUT2D eigenvalue weighted by molar-refractivity contribution is 6.21. The van der Waals surface area contributed by atoms with Gasteiger partial charge in [0.2, 0.25) is 17.8 Å². The van der Waals surface area contributed by atoms with Crippen molar-refractivity contribution in [2.75, 3.05) is 4.90 Å². The van der Waals surface area contributed by atoms with Gasteiger partial charge in [-0.3, -0.25) is 9.59 Å². The standard InChI is InChI=1S/C13H11N3O2/c17-11-9-7-2-3-8(6-7)10(9)12(18)16(11)13-14-4-1-5-15-13/h1-5,7-10H,6H2/t7-,8+,9-,10-/m0/s1. The Morgan fingerprint density at radius 2 is 1.56 bits per heavy atom. The molecule has 0 spiro atoms. The Balaban J connectivity index is 1.77. The Kier molecular flexibility index (Phi) is 1.79. The van der Waals surface area contributed by atoms with Gasteiger partial charge in [-0.25, -0.2) is 14.9 Å². The molecule has 4 rings (SSSR count). The number of carbonyl (C=O) groups is 2. The molecule has 0 unspecified atom stereocenters. The Hall–Kier alpha value is -2.04. The Morgan fingerprint density at radius 1 is 1.00 bits per heavy atom. The van der Waals surface area contributed by atoms with E-state index in [0.29, 0.717) is 0 Å². The van der Waals surface area contributed by atoms with Crippen LogP contribution in [0.2, 0.25) is 0 Å². The van der Waals surface area contributed by atoms with Gasteiger partial charge in [0.1, 0.15) is 0 Å². The van der Waals surface area contributed by atoms with E-state index in [1.807, 2.05) is 0 Å². The quantitative estimate of drug-likeness (QED) is 0.538. The average molecular weight is 241 g/mol. The first kappa shape index (κ1) is 9.94. The fourth-order valence-corrected chi connectivity index (χ4v) is 3.51. The van der Waals surface area contributed by atoms with Gasteiger partial charge in [-0.05, 0) is 24.3 Å². The molecule has 0 aromatic carbocycles. The second-order valence-corrected chi connectivity index (χ2v) is 5.06. The zero-order valence-corrected chi connectivity index (χ0v) is 9.56. The van der Waals surface area contributed by atoms with Crippen LogP contribution >= 0.6 is 0 Å². The normalized spacial score (nSPS) is 36.6. The van der Waals surface area contributed by atoms with Crippen molar-refractivity contribution in [2.24, 2.45) is 23.7 Å². The topological polar surface area (TPSA) is 63.2 Å². The molecule has 2 bridgehead atoms. The third-order valence-electron chi connectivity index (χ3n) is 4.22. The van der Waals surface area contributed by atoms with Crippen LogP contribution in [0, 0.1) is 23.7 Å². The summed E-state index contributed by atoms with van der Waals surface area (Å²) in [4.78, 5) is 34.0. The summed E-state index contributed by atoms with van der Waals surface area (Å²) in [6, 6.07) is 1.67. The van der Waals surface area contributed by atoms with Crippen molar-refractivity contribution < 1.29 is 9.59 Å². The maximum absolute atomic E-state index is 12.4. The molecule has 3 aliphatic rings. The van der Waals surface area contributed by atoms with Crippen LogP contribution in [0.4, 0.5) is 5.95 Å². The van der Waals surface area contributed by atoms with Crippen LogP contribution in [0.15, 0.2) is 30.6 Å². The monoisotopic (exact) mass is 241 g/mol. The predicted octanol–water partition coefficient (Wildman–Crippen LogP) is 0.788. The van der Waals surface area contributed by atoms with Crippen molar-refractivity contribution in [1.29, 1.82) is 0 Å². The smallest absolute Gasteiger partial charge is 0.240 e. The highest BCUT2D eigenvalue weighted by atomic mass is 16.2. The molecule has 1 aromatic rings. The number of nitrogens with zero attached hydrogens (tertiary/aromatic N) is 3. The van der Waals surface area contributed by atoms with Gasteiger partial charge in [-0.2, -0.15) is 0 Å². The van der Waals surface area contributed by atoms with Crippen LogP contribution < -0.4 is 4.90 Å². The molecule has 2 aliphatic carbocycles. The number of allylic oxidation sites excluding steroid dienone is 2. The fraction of sp³-hybridized carbons (Fsp3) is 0.385. The van der Waals surface area contributed by atoms with Gasteiger partial charge in [-0.15, -0.1) is 0 Å². The number of hydrogen-bond donors (Lipinski definition) is 0. The van der Waals surface area contributed by atoms with Crippen molar-refractivity contribution in [3.8, 4) is 0 Å². The van der Waals surface area contributed by atoms with Crippen LogP contribution in [0.1, 0.15) is 6.42 Å². The highest BCUT2D eigenvalue weighted by Crippen LogP contribution is 2.52. The van der Waals surface area contributed by atoms with Gasteiger partial charge in [0, 0.05) is 12.4 Å². The number of carbonyl (C=O) groups excluding carboxylic acids is 2. The molecular formula is C13H11N3O2. The number of rotatable bonds is 1. The van der Waals surface area contributed by atoms with Crippen molar-refractivity contribution >= 4 is 17.8 Å². The first-order valence-electron chi connectivity index (χ1n) is 6.10. The molecule has 5 heteroatoms. The minimum atomic E-state index is -0.184. The third kappa shape index (κ3) is 1.06. The second-order valence-electron chi connectivity index (χ2n) is 5.06. The first-order chi connectivity index (χ1) is 8.77. The van der Waals surface area contributed by atoms with Crippen molar-refractivity contribution in [2.45, 2.75) is 6.42 Å². The summed E-state index contributed by atoms with van der Waals surface area (Å²) in [6.07, 6.45) is 8.18. The third-order valence-corrected chi connectivity index (χ3v) is 4.22. The average Bonchev–Trinajstić information content (AvgIpc) is 3.05. The zero-order valence-electron chi connectivity index (χ0n) is 9.56. The molecule has 2 amide bonds. The van der Waals surface area contributed by atoms with E-state index in [1.165, 1.54) is 4.90 Å². The molecule has 4 atom stereocenters. The molecule has 2 fully saturated rings. The molecule has 1 aliphatic heterocycles. The zero-order chi connectivity index (χ0) is 12.3. The van der Waals surface area contributed by atoms with Crippen LogP contribution in [0.5, 0.6) is 0 Å². The molecule has 0 radical (unpaired) electrons. The summed E-state index contributed by atoms with van der Waals surface area (Å²) < 4.78 is 0. The van der Waals surface area contributed by atoms with E-state index in [-0.39, 0.29) is 41.4 Å². The molecule has 0 N–H and O–H groups in total. The lowest BCUT2D eigenvalue weighted by Gasteiger charge is -2.14. The van der Waals surface area contributed by atoms with Crippen molar-refractivity contribution in [3.63, 3.8) is 0 Å². The van der Waals surface area contributed by atoms with Gasteiger partial charge < -0.3 is 0 Å². The number of imide groups is 1. The van der Waals surface area contributed by atoms with E-state index in [9.17, 15) is 9.59 Å². The van der Waals surface area contributed by atoms with Crippen LogP contribution in [0.25, 0.3) is 0 Å². The number of amides is 2. The maximum Gasteiger partial charge on any atom is 0.240 e. The maximum atomic E-state index is 12.4. The van der Waals surface area contributed by atoms with Gasteiger partial charge >= 0.3 is 0 Å². The van der Waals surface area contributed by atoms with Crippen LogP contribution in [-0.4, -0.2) is 21.8 Å². The number of hydrogen-bond acceptors (Lipinski definition) is 4. The first-order valence-corrected chi connectivity index (χ1v) is 6.10. The van der Waals surface area contributed by atoms with E-state index >= 15 is 0 Å². The molecule has 18 heavy (non-hydrogen) atoms. The summed E-state index contributed by atoms with van der Waals surface area (Å²) in [6.45, 7) is 0. The Labute approximate surface area is 104 Å². The van der Waals surface area contributed by atoms with Crippen LogP contribution in [-0.2, 0) is 9.59 Å². The van der Waals surface area contributed by atoms with Gasteiger partial charge in [0.25, 0.3) is 0 Å². The van der Waals surface area contributed by atoms with Gasteiger partial charge in [0.15, 0.2) is 0 Å².